The minimum atomic E-state index is 0. The van der Waals surface area contributed by atoms with E-state index in [1.54, 1.807) is 6.20 Å². The van der Waals surface area contributed by atoms with Gasteiger partial charge in [-0.15, -0.1) is 12.4 Å². The molecule has 3 nitrogen and oxygen atoms in total. The van der Waals surface area contributed by atoms with Gasteiger partial charge < -0.3 is 10.6 Å². The van der Waals surface area contributed by atoms with E-state index in [1.807, 2.05) is 12.3 Å². The zero-order valence-corrected chi connectivity index (χ0v) is 8.20. The summed E-state index contributed by atoms with van der Waals surface area (Å²) in [5.41, 5.74) is 6.99. The van der Waals surface area contributed by atoms with Crippen LogP contribution in [0.2, 0.25) is 0 Å². The summed E-state index contributed by atoms with van der Waals surface area (Å²) < 4.78 is 0. The lowest BCUT2D eigenvalue weighted by Gasteiger charge is -2.16. The van der Waals surface area contributed by atoms with Crippen LogP contribution in [0.15, 0.2) is 24.5 Å². The maximum absolute atomic E-state index is 5.80. The van der Waals surface area contributed by atoms with Gasteiger partial charge in [0, 0.05) is 25.3 Å². The highest BCUT2D eigenvalue weighted by Gasteiger charge is 2.18. The molecular formula is C9H14ClN3. The van der Waals surface area contributed by atoms with E-state index in [0.29, 0.717) is 6.04 Å². The Morgan fingerprint density at radius 1 is 1.54 bits per heavy atom. The highest BCUT2D eigenvalue weighted by Crippen LogP contribution is 2.17. The average molecular weight is 200 g/mol. The topological polar surface area (TPSA) is 42.1 Å². The maximum atomic E-state index is 5.80. The molecule has 0 bridgehead atoms. The van der Waals surface area contributed by atoms with Crippen molar-refractivity contribution in [1.82, 2.24) is 4.98 Å². The molecule has 1 aromatic rings. The number of halogens is 1. The lowest BCUT2D eigenvalue weighted by molar-refractivity contribution is 0.752. The van der Waals surface area contributed by atoms with E-state index in [-0.39, 0.29) is 12.4 Å². The second kappa shape index (κ2) is 4.44. The maximum Gasteiger partial charge on any atom is 0.0553 e. The van der Waals surface area contributed by atoms with Crippen LogP contribution in [0.5, 0.6) is 0 Å². The number of hydrogen-bond donors (Lipinski definition) is 1. The van der Waals surface area contributed by atoms with Gasteiger partial charge in [0.2, 0.25) is 0 Å². The van der Waals surface area contributed by atoms with Crippen molar-refractivity contribution in [2.45, 2.75) is 12.5 Å². The van der Waals surface area contributed by atoms with Crippen molar-refractivity contribution in [2.75, 3.05) is 18.0 Å². The van der Waals surface area contributed by atoms with E-state index >= 15 is 0 Å². The molecule has 0 saturated carbocycles. The van der Waals surface area contributed by atoms with Crippen molar-refractivity contribution in [1.29, 1.82) is 0 Å². The largest absolute Gasteiger partial charge is 0.369 e. The third-order valence-corrected chi connectivity index (χ3v) is 2.24. The first kappa shape index (κ1) is 10.3. The zero-order chi connectivity index (χ0) is 8.39. The highest BCUT2D eigenvalue weighted by molar-refractivity contribution is 5.85. The van der Waals surface area contributed by atoms with Crippen LogP contribution in [0.25, 0.3) is 0 Å². The molecule has 0 radical (unpaired) electrons. The first-order chi connectivity index (χ1) is 5.86. The van der Waals surface area contributed by atoms with Crippen LogP contribution in [0, 0.1) is 0 Å². The van der Waals surface area contributed by atoms with E-state index in [1.165, 1.54) is 5.69 Å². The number of anilines is 1. The molecule has 2 N–H and O–H groups in total. The standard InChI is InChI=1S/C9H13N3.ClH/c10-8-3-5-12(7-8)9-2-1-4-11-6-9;/h1-2,4,6,8H,3,5,7,10H2;1H/t8-;/m1./s1. The van der Waals surface area contributed by atoms with E-state index in [9.17, 15) is 0 Å². The van der Waals surface area contributed by atoms with Crippen molar-refractivity contribution in [3.8, 4) is 0 Å². The minimum Gasteiger partial charge on any atom is -0.369 e. The van der Waals surface area contributed by atoms with Crippen molar-refractivity contribution in [3.63, 3.8) is 0 Å². The number of nitrogens with zero attached hydrogens (tertiary/aromatic N) is 2. The highest BCUT2D eigenvalue weighted by atomic mass is 35.5. The van der Waals surface area contributed by atoms with Gasteiger partial charge in [-0.1, -0.05) is 0 Å². The molecule has 0 aliphatic carbocycles. The third kappa shape index (κ3) is 2.32. The molecule has 1 aliphatic heterocycles. The lowest BCUT2D eigenvalue weighted by Crippen LogP contribution is -2.26. The van der Waals surface area contributed by atoms with Crippen molar-refractivity contribution in [3.05, 3.63) is 24.5 Å². The molecule has 0 amide bonds. The van der Waals surface area contributed by atoms with Crippen LogP contribution in [0.1, 0.15) is 6.42 Å². The van der Waals surface area contributed by atoms with Crippen LogP contribution in [0.3, 0.4) is 0 Å². The van der Waals surface area contributed by atoms with Gasteiger partial charge in [-0.3, -0.25) is 4.98 Å². The van der Waals surface area contributed by atoms with Gasteiger partial charge >= 0.3 is 0 Å². The van der Waals surface area contributed by atoms with E-state index in [0.717, 1.165) is 19.5 Å². The quantitative estimate of drug-likeness (QED) is 0.735. The Morgan fingerprint density at radius 2 is 2.38 bits per heavy atom. The van der Waals surface area contributed by atoms with Crippen LogP contribution < -0.4 is 10.6 Å². The normalized spacial score (nSPS) is 21.3. The first-order valence-electron chi connectivity index (χ1n) is 4.27. The fourth-order valence-electron chi connectivity index (χ4n) is 1.56. The number of rotatable bonds is 1. The summed E-state index contributed by atoms with van der Waals surface area (Å²) in [7, 11) is 0. The molecule has 2 heterocycles. The van der Waals surface area contributed by atoms with Crippen LogP contribution in [-0.2, 0) is 0 Å². The van der Waals surface area contributed by atoms with E-state index < -0.39 is 0 Å². The molecule has 1 aliphatic rings. The molecule has 4 heteroatoms. The van der Waals surface area contributed by atoms with Gasteiger partial charge in [0.25, 0.3) is 0 Å². The average Bonchev–Trinajstić information content (AvgIpc) is 2.54. The van der Waals surface area contributed by atoms with E-state index in [4.69, 9.17) is 5.73 Å². The van der Waals surface area contributed by atoms with Crippen molar-refractivity contribution in [2.24, 2.45) is 5.73 Å². The van der Waals surface area contributed by atoms with Gasteiger partial charge in [-0.2, -0.15) is 0 Å². The van der Waals surface area contributed by atoms with Gasteiger partial charge in [-0.05, 0) is 18.6 Å². The van der Waals surface area contributed by atoms with Gasteiger partial charge in [0.05, 0.1) is 11.9 Å². The smallest absolute Gasteiger partial charge is 0.0553 e. The minimum absolute atomic E-state index is 0. The number of pyridine rings is 1. The Morgan fingerprint density at radius 3 is 2.92 bits per heavy atom. The molecule has 72 valence electrons. The Hall–Kier alpha value is -0.800. The van der Waals surface area contributed by atoms with Gasteiger partial charge in [0.1, 0.15) is 0 Å². The first-order valence-corrected chi connectivity index (χ1v) is 4.27. The predicted octanol–water partition coefficient (Wildman–Crippen LogP) is 1.04. The SMILES string of the molecule is Cl.N[C@@H]1CCN(c2cccnc2)C1. The molecule has 1 fully saturated rings. The summed E-state index contributed by atoms with van der Waals surface area (Å²) in [4.78, 5) is 6.35. The van der Waals surface area contributed by atoms with E-state index in [2.05, 4.69) is 16.0 Å². The molecular weight excluding hydrogens is 186 g/mol. The third-order valence-electron chi connectivity index (χ3n) is 2.24. The molecule has 0 aromatic carbocycles. The molecule has 0 spiro atoms. The molecule has 1 saturated heterocycles. The second-order valence-corrected chi connectivity index (χ2v) is 3.21. The summed E-state index contributed by atoms with van der Waals surface area (Å²) in [6.45, 7) is 2.03. The summed E-state index contributed by atoms with van der Waals surface area (Å²) in [6.07, 6.45) is 4.77. The zero-order valence-electron chi connectivity index (χ0n) is 7.39. The molecule has 1 aromatic heterocycles. The van der Waals surface area contributed by atoms with Crippen LogP contribution >= 0.6 is 12.4 Å². The van der Waals surface area contributed by atoms with Crippen LogP contribution in [-0.4, -0.2) is 24.1 Å². The molecule has 0 unspecified atom stereocenters. The van der Waals surface area contributed by atoms with Gasteiger partial charge in [0.15, 0.2) is 0 Å². The molecule has 1 atom stereocenters. The summed E-state index contributed by atoms with van der Waals surface area (Å²) in [6, 6.07) is 4.37. The Kier molecular flexibility index (Phi) is 3.51. The number of hydrogen-bond acceptors (Lipinski definition) is 3. The summed E-state index contributed by atoms with van der Waals surface area (Å²) in [5, 5.41) is 0. The van der Waals surface area contributed by atoms with Gasteiger partial charge in [-0.25, -0.2) is 0 Å². The second-order valence-electron chi connectivity index (χ2n) is 3.21. The Balaban J connectivity index is 0.000000845. The summed E-state index contributed by atoms with van der Waals surface area (Å²) >= 11 is 0. The molecule has 2 rings (SSSR count). The lowest BCUT2D eigenvalue weighted by atomic mass is 10.3. The Labute approximate surface area is 84.4 Å². The predicted molar refractivity (Wildman–Crippen MR) is 56.3 cm³/mol. The number of aromatic nitrogens is 1. The fourth-order valence-corrected chi connectivity index (χ4v) is 1.56. The van der Waals surface area contributed by atoms with Crippen molar-refractivity contribution >= 4 is 18.1 Å². The summed E-state index contributed by atoms with van der Waals surface area (Å²) in [5.74, 6) is 0. The van der Waals surface area contributed by atoms with Crippen molar-refractivity contribution < 1.29 is 0 Å². The molecule has 13 heavy (non-hydrogen) atoms. The van der Waals surface area contributed by atoms with Crippen LogP contribution in [0.4, 0.5) is 5.69 Å². The number of nitrogens with two attached hydrogens (primary N) is 1. The monoisotopic (exact) mass is 199 g/mol. The Bertz CT molecular complexity index is 252. The fraction of sp³-hybridized carbons (Fsp3) is 0.444.